The summed E-state index contributed by atoms with van der Waals surface area (Å²) in [7, 11) is 0. The molecule has 3 amide bonds. The van der Waals surface area contributed by atoms with Crippen LogP contribution in [0.3, 0.4) is 0 Å². The molecule has 6 unspecified atom stereocenters. The molecular formula is C24H36N4O7. The Bertz CT molecular complexity index is 906. The van der Waals surface area contributed by atoms with E-state index in [2.05, 4.69) is 10.6 Å². The molecule has 7 N–H and O–H groups in total. The highest BCUT2D eigenvalue weighted by molar-refractivity contribution is 5.94. The van der Waals surface area contributed by atoms with Gasteiger partial charge in [-0.25, -0.2) is 4.79 Å². The van der Waals surface area contributed by atoms with Crippen molar-refractivity contribution in [2.75, 3.05) is 6.54 Å². The third-order valence-electron chi connectivity index (χ3n) is 6.44. The maximum absolute atomic E-state index is 13.6. The Kier molecular flexibility index (Phi) is 10.0. The summed E-state index contributed by atoms with van der Waals surface area (Å²) in [4.78, 5) is 51.9. The number of phenolic OH excluding ortho intramolecular Hbond substituents is 1. The number of likely N-dealkylation sites (tertiary alicyclic amines) is 1. The van der Waals surface area contributed by atoms with Crippen LogP contribution in [0.2, 0.25) is 0 Å². The maximum Gasteiger partial charge on any atom is 0.328 e. The van der Waals surface area contributed by atoms with Crippen LogP contribution < -0.4 is 16.4 Å². The molecule has 11 nitrogen and oxygen atoms in total. The van der Waals surface area contributed by atoms with Gasteiger partial charge in [0.1, 0.15) is 17.8 Å². The molecule has 1 aliphatic rings. The van der Waals surface area contributed by atoms with E-state index in [4.69, 9.17) is 5.73 Å². The van der Waals surface area contributed by atoms with Gasteiger partial charge in [-0.2, -0.15) is 0 Å². The van der Waals surface area contributed by atoms with Crippen molar-refractivity contribution in [1.82, 2.24) is 15.5 Å². The lowest BCUT2D eigenvalue weighted by Crippen LogP contribution is -2.58. The van der Waals surface area contributed by atoms with E-state index in [1.807, 2.05) is 13.8 Å². The maximum atomic E-state index is 13.6. The normalized spacial score (nSPS) is 19.8. The Labute approximate surface area is 204 Å². The van der Waals surface area contributed by atoms with Gasteiger partial charge >= 0.3 is 5.97 Å². The number of carbonyl (C=O) groups is 4. The molecule has 194 valence electrons. The van der Waals surface area contributed by atoms with Crippen LogP contribution >= 0.6 is 0 Å². The van der Waals surface area contributed by atoms with E-state index < -0.39 is 54.0 Å². The summed E-state index contributed by atoms with van der Waals surface area (Å²) < 4.78 is 0. The van der Waals surface area contributed by atoms with Crippen molar-refractivity contribution in [1.29, 1.82) is 0 Å². The van der Waals surface area contributed by atoms with Crippen LogP contribution in [0, 0.1) is 5.92 Å². The summed E-state index contributed by atoms with van der Waals surface area (Å²) in [5.41, 5.74) is 6.74. The van der Waals surface area contributed by atoms with Gasteiger partial charge in [-0.15, -0.1) is 0 Å². The van der Waals surface area contributed by atoms with Crippen molar-refractivity contribution < 1.29 is 34.5 Å². The molecule has 1 aromatic carbocycles. The number of carboxylic acids is 1. The highest BCUT2D eigenvalue weighted by Gasteiger charge is 2.40. The number of aliphatic hydroxyl groups excluding tert-OH is 1. The number of aliphatic hydroxyl groups is 1. The zero-order valence-electron chi connectivity index (χ0n) is 20.3. The summed E-state index contributed by atoms with van der Waals surface area (Å²) in [6, 6.07) is 1.90. The average molecular weight is 493 g/mol. The third-order valence-corrected chi connectivity index (χ3v) is 6.44. The summed E-state index contributed by atoms with van der Waals surface area (Å²) in [5, 5.41) is 33.5. The SMILES string of the molecule is CCC(C)C(N)C(=O)NC(Cc1ccc(O)cc1)C(=O)N1CCCC1C(=O)NC(C(=O)O)C(C)O. The Hall–Kier alpha value is -3.18. The number of aromatic hydroxyl groups is 1. The second-order valence-electron chi connectivity index (χ2n) is 9.10. The van der Waals surface area contributed by atoms with Gasteiger partial charge in [0.05, 0.1) is 12.1 Å². The van der Waals surface area contributed by atoms with E-state index in [9.17, 15) is 34.5 Å². The molecule has 0 aromatic heterocycles. The lowest BCUT2D eigenvalue weighted by molar-refractivity contribution is -0.147. The van der Waals surface area contributed by atoms with Crippen molar-refractivity contribution in [3.05, 3.63) is 29.8 Å². The molecule has 6 atom stereocenters. The molecule has 0 bridgehead atoms. The van der Waals surface area contributed by atoms with Gasteiger partial charge in [-0.1, -0.05) is 32.4 Å². The first kappa shape index (κ1) is 28.1. The van der Waals surface area contributed by atoms with E-state index in [1.165, 1.54) is 24.0 Å². The number of phenols is 1. The third kappa shape index (κ3) is 7.40. The van der Waals surface area contributed by atoms with Crippen molar-refractivity contribution in [2.45, 2.75) is 76.7 Å². The Morgan fingerprint density at radius 1 is 1.14 bits per heavy atom. The minimum absolute atomic E-state index is 0.0572. The van der Waals surface area contributed by atoms with Crippen LogP contribution in [0.4, 0.5) is 0 Å². The number of rotatable bonds is 11. The molecule has 11 heteroatoms. The minimum Gasteiger partial charge on any atom is -0.508 e. The molecule has 1 saturated heterocycles. The number of carboxylic acid groups (broad SMARTS) is 1. The van der Waals surface area contributed by atoms with Crippen LogP contribution in [0.15, 0.2) is 24.3 Å². The molecule has 0 spiro atoms. The van der Waals surface area contributed by atoms with Crippen molar-refractivity contribution in [3.8, 4) is 5.75 Å². The molecule has 0 saturated carbocycles. The highest BCUT2D eigenvalue weighted by Crippen LogP contribution is 2.21. The molecule has 0 aliphatic carbocycles. The second-order valence-corrected chi connectivity index (χ2v) is 9.10. The molecule has 35 heavy (non-hydrogen) atoms. The zero-order chi connectivity index (χ0) is 26.3. The molecule has 1 aromatic rings. The Morgan fingerprint density at radius 3 is 2.31 bits per heavy atom. The molecule has 2 rings (SSSR count). The van der Waals surface area contributed by atoms with Crippen LogP contribution in [-0.2, 0) is 25.6 Å². The number of carbonyl (C=O) groups excluding carboxylic acids is 3. The van der Waals surface area contributed by atoms with Gasteiger partial charge in [-0.05, 0) is 43.4 Å². The summed E-state index contributed by atoms with van der Waals surface area (Å²) in [6.45, 7) is 5.24. The quantitative estimate of drug-likeness (QED) is 0.244. The number of nitrogens with zero attached hydrogens (tertiary/aromatic N) is 1. The van der Waals surface area contributed by atoms with E-state index in [0.717, 1.165) is 0 Å². The van der Waals surface area contributed by atoms with Crippen LogP contribution in [0.1, 0.15) is 45.6 Å². The summed E-state index contributed by atoms with van der Waals surface area (Å²) >= 11 is 0. The molecule has 1 aliphatic heterocycles. The van der Waals surface area contributed by atoms with E-state index in [-0.39, 0.29) is 24.6 Å². The van der Waals surface area contributed by atoms with Crippen LogP contribution in [-0.4, -0.2) is 80.7 Å². The Morgan fingerprint density at radius 2 is 1.77 bits per heavy atom. The van der Waals surface area contributed by atoms with Gasteiger partial charge in [-0.3, -0.25) is 14.4 Å². The fraction of sp³-hybridized carbons (Fsp3) is 0.583. The predicted molar refractivity (Wildman–Crippen MR) is 127 cm³/mol. The summed E-state index contributed by atoms with van der Waals surface area (Å²) in [5.74, 6) is -3.11. The topological polar surface area (TPSA) is 182 Å². The van der Waals surface area contributed by atoms with Crippen LogP contribution in [0.5, 0.6) is 5.75 Å². The average Bonchev–Trinajstić information content (AvgIpc) is 3.31. The molecule has 1 fully saturated rings. The molecule has 1 heterocycles. The number of aliphatic carboxylic acids is 1. The van der Waals surface area contributed by atoms with Crippen LogP contribution in [0.25, 0.3) is 0 Å². The fourth-order valence-corrected chi connectivity index (χ4v) is 3.99. The second kappa shape index (κ2) is 12.5. The monoisotopic (exact) mass is 492 g/mol. The van der Waals surface area contributed by atoms with E-state index in [0.29, 0.717) is 24.8 Å². The largest absolute Gasteiger partial charge is 0.508 e. The summed E-state index contributed by atoms with van der Waals surface area (Å²) in [6.07, 6.45) is 0.283. The van der Waals surface area contributed by atoms with Gasteiger partial charge in [0.2, 0.25) is 17.7 Å². The molecular weight excluding hydrogens is 456 g/mol. The molecule has 0 radical (unpaired) electrons. The number of hydrogen-bond donors (Lipinski definition) is 6. The predicted octanol–water partition coefficient (Wildman–Crippen LogP) is -0.266. The van der Waals surface area contributed by atoms with Crippen molar-refractivity contribution in [2.24, 2.45) is 11.7 Å². The zero-order valence-corrected chi connectivity index (χ0v) is 20.3. The minimum atomic E-state index is -1.51. The van der Waals surface area contributed by atoms with Gasteiger partial charge in [0.25, 0.3) is 0 Å². The standard InChI is InChI=1S/C24H36N4O7/c1-4-13(2)19(25)22(32)26-17(12-15-7-9-16(30)10-8-15)23(33)28-11-5-6-18(28)21(31)27-20(14(3)29)24(34)35/h7-10,13-14,17-20,29-30H,4-6,11-12,25H2,1-3H3,(H,26,32)(H,27,31)(H,34,35). The smallest absolute Gasteiger partial charge is 0.328 e. The number of benzene rings is 1. The first-order valence-electron chi connectivity index (χ1n) is 11.8. The van der Waals surface area contributed by atoms with E-state index >= 15 is 0 Å². The fourth-order valence-electron chi connectivity index (χ4n) is 3.99. The number of hydrogen-bond acceptors (Lipinski definition) is 7. The first-order chi connectivity index (χ1) is 16.5. The number of amides is 3. The van der Waals surface area contributed by atoms with Gasteiger partial charge < -0.3 is 36.6 Å². The van der Waals surface area contributed by atoms with Crippen molar-refractivity contribution >= 4 is 23.7 Å². The lowest BCUT2D eigenvalue weighted by Gasteiger charge is -2.30. The number of nitrogens with two attached hydrogens (primary N) is 1. The first-order valence-corrected chi connectivity index (χ1v) is 11.8. The van der Waals surface area contributed by atoms with E-state index in [1.54, 1.807) is 12.1 Å². The lowest BCUT2D eigenvalue weighted by atomic mass is 9.98. The van der Waals surface area contributed by atoms with Gasteiger partial charge in [0.15, 0.2) is 6.04 Å². The van der Waals surface area contributed by atoms with Crippen molar-refractivity contribution in [3.63, 3.8) is 0 Å². The highest BCUT2D eigenvalue weighted by atomic mass is 16.4. The Balaban J connectivity index is 2.25. The number of nitrogens with one attached hydrogen (secondary N) is 2. The van der Waals surface area contributed by atoms with Gasteiger partial charge in [0, 0.05) is 13.0 Å².